The molecule has 1 aromatic carbocycles. The van der Waals surface area contributed by atoms with Gasteiger partial charge in [-0.15, -0.1) is 0 Å². The second kappa shape index (κ2) is 7.66. The molecule has 0 bridgehead atoms. The Morgan fingerprint density at radius 3 is 2.79 bits per heavy atom. The van der Waals surface area contributed by atoms with E-state index >= 15 is 0 Å². The average molecular weight is 424 g/mol. The lowest BCUT2D eigenvalue weighted by Crippen LogP contribution is -2.28. The van der Waals surface area contributed by atoms with Crippen LogP contribution in [-0.4, -0.2) is 39.3 Å². The molecule has 1 aliphatic carbocycles. The maximum absolute atomic E-state index is 14.1. The lowest BCUT2D eigenvalue weighted by atomic mass is 9.90. The number of halogens is 4. The number of amides is 1. The third-order valence-electron chi connectivity index (χ3n) is 4.66. The van der Waals surface area contributed by atoms with Crippen LogP contribution < -0.4 is 5.32 Å². The first kappa shape index (κ1) is 19.7. The number of allylic oxidation sites excluding steroid dienone is 4. The topological polar surface area (TPSA) is 70.1 Å². The van der Waals surface area contributed by atoms with E-state index in [9.17, 15) is 22.4 Å². The van der Waals surface area contributed by atoms with Gasteiger partial charge >= 0.3 is 0 Å². The van der Waals surface area contributed by atoms with Gasteiger partial charge in [0.1, 0.15) is 23.0 Å². The predicted molar refractivity (Wildman–Crippen MR) is 104 cm³/mol. The van der Waals surface area contributed by atoms with Crippen LogP contribution in [0.5, 0.6) is 0 Å². The van der Waals surface area contributed by atoms with Gasteiger partial charge in [0.05, 0.1) is 23.5 Å². The fourth-order valence-corrected chi connectivity index (χ4v) is 4.10. The summed E-state index contributed by atoms with van der Waals surface area (Å²) in [5, 5.41) is 3.29. The van der Waals surface area contributed by atoms with Crippen LogP contribution >= 0.6 is 11.8 Å². The van der Waals surface area contributed by atoms with Crippen LogP contribution in [0.3, 0.4) is 0 Å². The number of nitrogens with one attached hydrogen (secondary N) is 2. The predicted octanol–water partition coefficient (Wildman–Crippen LogP) is 4.44. The van der Waals surface area contributed by atoms with E-state index in [1.165, 1.54) is 17.8 Å². The SMILES string of the molecule is CC1CN=C(NC(=O)c2cc(F)cc3[nH]c(C4=CC=C(F)CC4C(F)F)nc23)S1. The zero-order valence-electron chi connectivity index (χ0n) is 15.2. The van der Waals surface area contributed by atoms with Gasteiger partial charge in [-0.1, -0.05) is 24.8 Å². The smallest absolute Gasteiger partial charge is 0.259 e. The van der Waals surface area contributed by atoms with Gasteiger partial charge in [-0.05, 0) is 18.2 Å². The fourth-order valence-electron chi connectivity index (χ4n) is 3.27. The van der Waals surface area contributed by atoms with Crippen LogP contribution in [-0.2, 0) is 0 Å². The number of benzene rings is 1. The van der Waals surface area contributed by atoms with Crippen molar-refractivity contribution in [3.05, 3.63) is 47.3 Å². The summed E-state index contributed by atoms with van der Waals surface area (Å²) in [5.41, 5.74) is 0.383. The molecule has 152 valence electrons. The second-order valence-corrected chi connectivity index (χ2v) is 8.27. The molecule has 10 heteroatoms. The third kappa shape index (κ3) is 3.93. The lowest BCUT2D eigenvalue weighted by Gasteiger charge is -2.20. The average Bonchev–Trinajstić information content (AvgIpc) is 3.26. The molecule has 1 aromatic heterocycles. The maximum Gasteiger partial charge on any atom is 0.259 e. The Labute approximate surface area is 167 Å². The highest BCUT2D eigenvalue weighted by atomic mass is 32.2. The van der Waals surface area contributed by atoms with Crippen molar-refractivity contribution in [2.24, 2.45) is 10.9 Å². The molecule has 0 radical (unpaired) electrons. The van der Waals surface area contributed by atoms with E-state index in [0.717, 1.165) is 18.2 Å². The van der Waals surface area contributed by atoms with E-state index < -0.39 is 36.3 Å². The van der Waals surface area contributed by atoms with Crippen molar-refractivity contribution in [1.29, 1.82) is 0 Å². The van der Waals surface area contributed by atoms with Gasteiger partial charge in [0.2, 0.25) is 6.43 Å². The van der Waals surface area contributed by atoms with Crippen molar-refractivity contribution < 1.29 is 22.4 Å². The van der Waals surface area contributed by atoms with E-state index in [4.69, 9.17) is 0 Å². The zero-order chi connectivity index (χ0) is 20.7. The number of nitrogens with zero attached hydrogens (tertiary/aromatic N) is 2. The lowest BCUT2D eigenvalue weighted by molar-refractivity contribution is 0.0977. The number of hydrogen-bond acceptors (Lipinski definition) is 4. The van der Waals surface area contributed by atoms with Gasteiger partial charge in [0.25, 0.3) is 5.91 Å². The molecule has 5 nitrogen and oxygen atoms in total. The van der Waals surface area contributed by atoms with Gasteiger partial charge in [0.15, 0.2) is 5.17 Å². The summed E-state index contributed by atoms with van der Waals surface area (Å²) < 4.78 is 54.4. The molecule has 1 amide bonds. The number of aliphatic imine (C=N–C) groups is 1. The van der Waals surface area contributed by atoms with Crippen molar-refractivity contribution in [2.45, 2.75) is 25.0 Å². The van der Waals surface area contributed by atoms with E-state index in [1.54, 1.807) is 0 Å². The highest BCUT2D eigenvalue weighted by Crippen LogP contribution is 2.37. The summed E-state index contributed by atoms with van der Waals surface area (Å²) in [4.78, 5) is 23.9. The first-order valence-corrected chi connectivity index (χ1v) is 9.76. The van der Waals surface area contributed by atoms with Crippen LogP contribution in [0.25, 0.3) is 16.6 Å². The number of H-pyrrole nitrogens is 1. The van der Waals surface area contributed by atoms with Gasteiger partial charge in [-0.2, -0.15) is 0 Å². The van der Waals surface area contributed by atoms with Crippen LogP contribution in [0.2, 0.25) is 0 Å². The van der Waals surface area contributed by atoms with Crippen molar-refractivity contribution in [1.82, 2.24) is 15.3 Å². The number of rotatable bonds is 3. The van der Waals surface area contributed by atoms with Gasteiger partial charge in [-0.25, -0.2) is 22.5 Å². The second-order valence-electron chi connectivity index (χ2n) is 6.84. The summed E-state index contributed by atoms with van der Waals surface area (Å²) in [5.74, 6) is -3.25. The number of carbonyl (C=O) groups is 1. The standard InChI is InChI=1S/C19H16F4N4OS/c1-8-7-24-19(29-8)27-18(28)13-5-10(21)6-14-15(13)26-17(25-14)11-3-2-9(20)4-12(11)16(22)23/h2-3,5-6,8,12,16H,4,7H2,1H3,(H,25,26)(H,24,27,28). The quantitative estimate of drug-likeness (QED) is 0.716. The van der Waals surface area contributed by atoms with E-state index in [-0.39, 0.29) is 33.2 Å². The molecule has 29 heavy (non-hydrogen) atoms. The Bertz CT molecular complexity index is 1080. The number of aromatic nitrogens is 2. The molecule has 2 aromatic rings. The molecule has 2 heterocycles. The van der Waals surface area contributed by atoms with Crippen LogP contribution in [0.4, 0.5) is 17.6 Å². The number of thioether (sulfide) groups is 1. The van der Waals surface area contributed by atoms with Crippen LogP contribution in [0.1, 0.15) is 29.5 Å². The summed E-state index contributed by atoms with van der Waals surface area (Å²) in [6.45, 7) is 2.53. The fraction of sp³-hybridized carbons (Fsp3) is 0.316. The Kier molecular flexibility index (Phi) is 5.20. The van der Waals surface area contributed by atoms with Gasteiger partial charge < -0.3 is 10.3 Å². The Hall–Kier alpha value is -2.62. The third-order valence-corrected chi connectivity index (χ3v) is 5.66. The summed E-state index contributed by atoms with van der Waals surface area (Å²) in [6.07, 6.45) is -0.911. The Balaban J connectivity index is 1.73. The van der Waals surface area contributed by atoms with Crippen molar-refractivity contribution in [3.63, 3.8) is 0 Å². The van der Waals surface area contributed by atoms with Crippen molar-refractivity contribution >= 4 is 39.4 Å². The number of alkyl halides is 2. The summed E-state index contributed by atoms with van der Waals surface area (Å²) in [6, 6.07) is 2.16. The minimum atomic E-state index is -2.80. The number of imidazole rings is 1. The molecule has 0 saturated heterocycles. The molecular formula is C19H16F4N4OS. The number of hydrogen-bond donors (Lipinski definition) is 2. The zero-order valence-corrected chi connectivity index (χ0v) is 16.0. The molecule has 0 saturated carbocycles. The number of aromatic amines is 1. The molecule has 2 aliphatic rings. The van der Waals surface area contributed by atoms with Crippen LogP contribution in [0, 0.1) is 11.7 Å². The first-order valence-electron chi connectivity index (χ1n) is 8.88. The monoisotopic (exact) mass is 424 g/mol. The van der Waals surface area contributed by atoms with Gasteiger partial charge in [0, 0.05) is 17.2 Å². The summed E-state index contributed by atoms with van der Waals surface area (Å²) >= 11 is 1.39. The molecule has 4 rings (SSSR count). The Morgan fingerprint density at radius 1 is 1.31 bits per heavy atom. The van der Waals surface area contributed by atoms with Crippen molar-refractivity contribution in [3.8, 4) is 0 Å². The highest BCUT2D eigenvalue weighted by molar-refractivity contribution is 8.14. The highest BCUT2D eigenvalue weighted by Gasteiger charge is 2.31. The molecular weight excluding hydrogens is 408 g/mol. The molecule has 0 fully saturated rings. The normalized spacial score (nSPS) is 21.9. The molecule has 2 N–H and O–H groups in total. The minimum absolute atomic E-state index is 0.0444. The Morgan fingerprint density at radius 2 is 2.10 bits per heavy atom. The maximum atomic E-state index is 14.1. The van der Waals surface area contributed by atoms with E-state index in [2.05, 4.69) is 20.3 Å². The van der Waals surface area contributed by atoms with Crippen molar-refractivity contribution in [2.75, 3.05) is 6.54 Å². The van der Waals surface area contributed by atoms with E-state index in [1.807, 2.05) is 6.92 Å². The number of carbonyl (C=O) groups excluding carboxylic acids is 1. The molecule has 1 aliphatic heterocycles. The first-order chi connectivity index (χ1) is 13.8. The largest absolute Gasteiger partial charge is 0.338 e. The van der Waals surface area contributed by atoms with E-state index in [0.29, 0.717) is 11.7 Å². The minimum Gasteiger partial charge on any atom is -0.338 e. The van der Waals surface area contributed by atoms with Crippen LogP contribution in [0.15, 0.2) is 35.1 Å². The molecule has 2 atom stereocenters. The van der Waals surface area contributed by atoms with Gasteiger partial charge in [-0.3, -0.25) is 9.79 Å². The number of amidine groups is 1. The molecule has 2 unspecified atom stereocenters. The number of fused-ring (bicyclic) bond motifs is 1. The summed E-state index contributed by atoms with van der Waals surface area (Å²) in [7, 11) is 0. The molecule has 0 spiro atoms.